The van der Waals surface area contributed by atoms with Crippen LogP contribution >= 0.6 is 11.6 Å². The molecule has 4 rings (SSSR count). The van der Waals surface area contributed by atoms with Crippen LogP contribution in [-0.4, -0.2) is 17.6 Å². The molecule has 0 radical (unpaired) electrons. The smallest absolute Gasteiger partial charge is 0.305 e. The first-order valence-electron chi connectivity index (χ1n) is 9.27. The van der Waals surface area contributed by atoms with E-state index in [4.69, 9.17) is 21.1 Å². The van der Waals surface area contributed by atoms with Gasteiger partial charge in [-0.15, -0.1) is 0 Å². The highest BCUT2D eigenvalue weighted by molar-refractivity contribution is 6.30. The number of ether oxygens (including phenoxy) is 2. The lowest BCUT2D eigenvalue weighted by Gasteiger charge is -2.22. The van der Waals surface area contributed by atoms with Crippen molar-refractivity contribution in [3.05, 3.63) is 69.9 Å². The van der Waals surface area contributed by atoms with E-state index in [9.17, 15) is 4.79 Å². The van der Waals surface area contributed by atoms with Gasteiger partial charge in [0.05, 0.1) is 12.3 Å². The second-order valence-corrected chi connectivity index (χ2v) is 7.34. The molecule has 4 nitrogen and oxygen atoms in total. The van der Waals surface area contributed by atoms with Gasteiger partial charge in [0.15, 0.2) is 0 Å². The molecule has 5 heteroatoms. The minimum absolute atomic E-state index is 0.340. The number of hydrogen-bond acceptors (Lipinski definition) is 3. The number of esters is 1. The predicted octanol–water partition coefficient (Wildman–Crippen LogP) is 5.13. The van der Waals surface area contributed by atoms with Crippen molar-refractivity contribution in [3.8, 4) is 0 Å². The summed E-state index contributed by atoms with van der Waals surface area (Å²) in [5.74, 6) is -0.340. The topological polar surface area (TPSA) is 51.3 Å². The number of aromatic nitrogens is 1. The summed E-state index contributed by atoms with van der Waals surface area (Å²) in [6.45, 7) is 1.95. The maximum Gasteiger partial charge on any atom is 0.305 e. The van der Waals surface area contributed by atoms with E-state index < -0.39 is 6.29 Å². The zero-order chi connectivity index (χ0) is 18.8. The monoisotopic (exact) mass is 383 g/mol. The fraction of sp³-hybridized carbons (Fsp3) is 0.318. The van der Waals surface area contributed by atoms with Gasteiger partial charge in [-0.25, -0.2) is 0 Å². The molecule has 0 spiro atoms. The van der Waals surface area contributed by atoms with Crippen molar-refractivity contribution in [1.82, 2.24) is 4.98 Å². The lowest BCUT2D eigenvalue weighted by Crippen LogP contribution is -2.20. The maximum absolute atomic E-state index is 11.4. The summed E-state index contributed by atoms with van der Waals surface area (Å²) < 4.78 is 11.0. The van der Waals surface area contributed by atoms with Gasteiger partial charge in [-0.05, 0) is 60.6 Å². The van der Waals surface area contributed by atoms with Crippen molar-refractivity contribution < 1.29 is 14.3 Å². The molecule has 0 amide bonds. The third-order valence-corrected chi connectivity index (χ3v) is 5.21. The molecule has 140 valence electrons. The highest BCUT2D eigenvalue weighted by atomic mass is 35.5. The lowest BCUT2D eigenvalue weighted by atomic mass is 9.97. The molecule has 2 heterocycles. The van der Waals surface area contributed by atoms with Gasteiger partial charge < -0.3 is 14.5 Å². The molecular weight excluding hydrogens is 362 g/mol. The van der Waals surface area contributed by atoms with E-state index in [1.165, 1.54) is 29.0 Å². The van der Waals surface area contributed by atoms with Crippen molar-refractivity contribution in [2.45, 2.75) is 38.9 Å². The zero-order valence-electron chi connectivity index (χ0n) is 15.3. The van der Waals surface area contributed by atoms with Gasteiger partial charge in [-0.2, -0.15) is 0 Å². The van der Waals surface area contributed by atoms with Crippen LogP contribution in [0.3, 0.4) is 0 Å². The van der Waals surface area contributed by atoms with Crippen LogP contribution < -0.4 is 0 Å². The Labute approximate surface area is 163 Å². The van der Waals surface area contributed by atoms with Gasteiger partial charge in [0, 0.05) is 22.8 Å². The van der Waals surface area contributed by atoms with E-state index in [-0.39, 0.29) is 5.97 Å². The van der Waals surface area contributed by atoms with Gasteiger partial charge in [-0.3, -0.25) is 4.79 Å². The maximum atomic E-state index is 11.4. The van der Waals surface area contributed by atoms with Crippen LogP contribution in [-0.2, 0) is 33.5 Å². The first kappa shape index (κ1) is 18.1. The predicted molar refractivity (Wildman–Crippen MR) is 106 cm³/mol. The second-order valence-electron chi connectivity index (χ2n) is 6.90. The summed E-state index contributed by atoms with van der Waals surface area (Å²) in [7, 11) is 0. The Morgan fingerprint density at radius 1 is 1.26 bits per heavy atom. The van der Waals surface area contributed by atoms with Gasteiger partial charge in [0.1, 0.15) is 0 Å². The summed E-state index contributed by atoms with van der Waals surface area (Å²) in [5.41, 5.74) is 5.72. The molecule has 1 unspecified atom stereocenters. The normalized spacial score (nSPS) is 16.3. The first-order valence-corrected chi connectivity index (χ1v) is 9.65. The van der Waals surface area contributed by atoms with Gasteiger partial charge in [-0.1, -0.05) is 35.9 Å². The number of rotatable bonds is 5. The Morgan fingerprint density at radius 3 is 2.93 bits per heavy atom. The average Bonchev–Trinajstić information content (AvgIpc) is 3.02. The molecule has 1 aromatic heterocycles. The molecule has 0 bridgehead atoms. The number of hydrogen-bond donors (Lipinski definition) is 1. The Morgan fingerprint density at radius 2 is 2.11 bits per heavy atom. The summed E-state index contributed by atoms with van der Waals surface area (Å²) in [5, 5.41) is 2.03. The molecule has 3 aromatic rings. The van der Waals surface area contributed by atoms with Gasteiger partial charge in [0.2, 0.25) is 6.29 Å². The summed E-state index contributed by atoms with van der Waals surface area (Å²) >= 11 is 6.08. The standard InChI is InChI=1S/C22H22ClNO3/c1-14(25)27-22-21-18(11-12-26-22)20-16(8-4-10-19(20)24-21)7-2-5-15-6-3-9-17(23)13-15/h3-4,6,8-10,13,22,24H,2,5,7,11-12H2,1H3. The van der Waals surface area contributed by atoms with Crippen molar-refractivity contribution in [1.29, 1.82) is 0 Å². The molecule has 0 aliphatic carbocycles. The van der Waals surface area contributed by atoms with Crippen molar-refractivity contribution in [2.24, 2.45) is 0 Å². The molecule has 2 aromatic carbocycles. The van der Waals surface area contributed by atoms with E-state index >= 15 is 0 Å². The molecule has 0 fully saturated rings. The molecule has 1 N–H and O–H groups in total. The van der Waals surface area contributed by atoms with Crippen LogP contribution in [0.4, 0.5) is 0 Å². The Bertz CT molecular complexity index is 979. The fourth-order valence-electron chi connectivity index (χ4n) is 3.86. The fourth-order valence-corrected chi connectivity index (χ4v) is 4.07. The minimum Gasteiger partial charge on any atom is -0.430 e. The molecule has 0 saturated heterocycles. The van der Waals surface area contributed by atoms with Crippen molar-refractivity contribution in [2.75, 3.05) is 6.61 Å². The number of carbonyl (C=O) groups excluding carboxylic acids is 1. The SMILES string of the molecule is CC(=O)OC1OCCc2c1[nH]c1cccc(CCCc3cccc(Cl)c3)c21. The molecule has 1 atom stereocenters. The third-order valence-electron chi connectivity index (χ3n) is 4.98. The van der Waals surface area contributed by atoms with E-state index in [1.54, 1.807) is 0 Å². The Kier molecular flexibility index (Phi) is 5.19. The van der Waals surface area contributed by atoms with Gasteiger partial charge >= 0.3 is 5.97 Å². The number of nitrogens with one attached hydrogen (secondary N) is 1. The van der Waals surface area contributed by atoms with E-state index in [0.29, 0.717) is 6.61 Å². The molecule has 0 saturated carbocycles. The quantitative estimate of drug-likeness (QED) is 0.621. The minimum atomic E-state index is -0.641. The van der Waals surface area contributed by atoms with E-state index in [2.05, 4.69) is 29.2 Å². The number of fused-ring (bicyclic) bond motifs is 3. The van der Waals surface area contributed by atoms with Crippen LogP contribution in [0.25, 0.3) is 10.9 Å². The Hall–Kier alpha value is -2.30. The van der Waals surface area contributed by atoms with Crippen molar-refractivity contribution in [3.63, 3.8) is 0 Å². The third kappa shape index (κ3) is 3.87. The summed E-state index contributed by atoms with van der Waals surface area (Å²) in [6.07, 6.45) is 3.19. The number of benzene rings is 2. The van der Waals surface area contributed by atoms with Crippen LogP contribution in [0, 0.1) is 0 Å². The molecular formula is C22H22ClNO3. The average molecular weight is 384 g/mol. The Balaban J connectivity index is 1.58. The number of H-pyrrole nitrogens is 1. The molecule has 1 aliphatic rings. The highest BCUT2D eigenvalue weighted by Crippen LogP contribution is 2.35. The number of aromatic amines is 1. The largest absolute Gasteiger partial charge is 0.430 e. The molecule has 1 aliphatic heterocycles. The zero-order valence-corrected chi connectivity index (χ0v) is 16.0. The lowest BCUT2D eigenvalue weighted by molar-refractivity contribution is -0.181. The van der Waals surface area contributed by atoms with E-state index in [0.717, 1.165) is 41.9 Å². The van der Waals surface area contributed by atoms with Crippen LogP contribution in [0.1, 0.15) is 42.0 Å². The van der Waals surface area contributed by atoms with E-state index in [1.807, 2.05) is 18.2 Å². The molecule has 27 heavy (non-hydrogen) atoms. The second kappa shape index (κ2) is 7.75. The van der Waals surface area contributed by atoms with Crippen LogP contribution in [0.5, 0.6) is 0 Å². The van der Waals surface area contributed by atoms with Crippen LogP contribution in [0.2, 0.25) is 5.02 Å². The number of halogens is 1. The number of carbonyl (C=O) groups is 1. The first-order chi connectivity index (χ1) is 13.1. The number of aryl methyl sites for hydroxylation is 2. The van der Waals surface area contributed by atoms with Gasteiger partial charge in [0.25, 0.3) is 0 Å². The van der Waals surface area contributed by atoms with Crippen LogP contribution in [0.15, 0.2) is 42.5 Å². The summed E-state index contributed by atoms with van der Waals surface area (Å²) in [4.78, 5) is 14.8. The highest BCUT2D eigenvalue weighted by Gasteiger charge is 2.28. The van der Waals surface area contributed by atoms with Crippen molar-refractivity contribution >= 4 is 28.5 Å². The summed E-state index contributed by atoms with van der Waals surface area (Å²) in [6, 6.07) is 14.4.